The Labute approximate surface area is 149 Å². The second kappa shape index (κ2) is 8.18. The minimum Gasteiger partial charge on any atom is -0.478 e. The van der Waals surface area contributed by atoms with E-state index in [4.69, 9.17) is 4.74 Å². The standard InChI is InChI=1S/C19H22N2O2.ClH/c1-20(2)12-13-21-16-10-6-7-11-17(16)23-18(19(21)22)14-15-8-4-3-5-9-15;/h3-11,18H,12-14H2,1-2H3;1H. The number of hydrogen-bond acceptors (Lipinski definition) is 3. The van der Waals surface area contributed by atoms with Gasteiger partial charge in [0.1, 0.15) is 5.75 Å². The highest BCUT2D eigenvalue weighted by Gasteiger charge is 2.34. The fourth-order valence-corrected chi connectivity index (χ4v) is 2.76. The summed E-state index contributed by atoms with van der Waals surface area (Å²) in [7, 11) is 4.02. The molecule has 0 fully saturated rings. The van der Waals surface area contributed by atoms with Gasteiger partial charge < -0.3 is 14.5 Å². The second-order valence-corrected chi connectivity index (χ2v) is 6.06. The molecular formula is C19H23ClN2O2. The number of anilines is 1. The van der Waals surface area contributed by atoms with Gasteiger partial charge in [0.15, 0.2) is 6.10 Å². The number of benzene rings is 2. The van der Waals surface area contributed by atoms with Crippen molar-refractivity contribution in [2.75, 3.05) is 32.1 Å². The van der Waals surface area contributed by atoms with Gasteiger partial charge in [0, 0.05) is 19.5 Å². The van der Waals surface area contributed by atoms with Crippen LogP contribution in [0.2, 0.25) is 0 Å². The van der Waals surface area contributed by atoms with Gasteiger partial charge in [-0.3, -0.25) is 4.79 Å². The SMILES string of the molecule is CN(C)CCN1C(=O)C(Cc2ccccc2)Oc2ccccc21.Cl. The zero-order chi connectivity index (χ0) is 16.2. The van der Waals surface area contributed by atoms with E-state index in [9.17, 15) is 4.79 Å². The van der Waals surface area contributed by atoms with Gasteiger partial charge in [0.05, 0.1) is 5.69 Å². The van der Waals surface area contributed by atoms with Gasteiger partial charge in [0.25, 0.3) is 5.91 Å². The minimum atomic E-state index is -0.463. The van der Waals surface area contributed by atoms with Gasteiger partial charge in [-0.05, 0) is 31.8 Å². The van der Waals surface area contributed by atoms with Crippen molar-refractivity contribution in [2.45, 2.75) is 12.5 Å². The molecule has 2 aromatic rings. The van der Waals surface area contributed by atoms with Gasteiger partial charge in [-0.1, -0.05) is 42.5 Å². The molecule has 0 aromatic heterocycles. The van der Waals surface area contributed by atoms with Crippen LogP contribution in [0.15, 0.2) is 54.6 Å². The predicted molar refractivity (Wildman–Crippen MR) is 99.2 cm³/mol. The first-order chi connectivity index (χ1) is 11.1. The van der Waals surface area contributed by atoms with Crippen LogP contribution in [0.5, 0.6) is 5.75 Å². The molecule has 0 N–H and O–H groups in total. The summed E-state index contributed by atoms with van der Waals surface area (Å²) in [4.78, 5) is 16.8. The Morgan fingerprint density at radius 2 is 1.71 bits per heavy atom. The van der Waals surface area contributed by atoms with Crippen molar-refractivity contribution in [1.29, 1.82) is 0 Å². The summed E-state index contributed by atoms with van der Waals surface area (Å²) in [5.41, 5.74) is 1.97. The number of halogens is 1. The van der Waals surface area contributed by atoms with Crippen LogP contribution in [-0.2, 0) is 11.2 Å². The Morgan fingerprint density at radius 1 is 1.04 bits per heavy atom. The van der Waals surface area contributed by atoms with E-state index in [1.54, 1.807) is 0 Å². The maximum Gasteiger partial charge on any atom is 0.268 e. The highest BCUT2D eigenvalue weighted by molar-refractivity contribution is 6.00. The lowest BCUT2D eigenvalue weighted by atomic mass is 10.0. The number of para-hydroxylation sites is 2. The first-order valence-electron chi connectivity index (χ1n) is 7.91. The van der Waals surface area contributed by atoms with Gasteiger partial charge >= 0.3 is 0 Å². The van der Waals surface area contributed by atoms with Crippen LogP contribution in [0.4, 0.5) is 5.69 Å². The lowest BCUT2D eigenvalue weighted by Gasteiger charge is -2.35. The smallest absolute Gasteiger partial charge is 0.268 e. The van der Waals surface area contributed by atoms with Crippen LogP contribution in [0, 0.1) is 0 Å². The topological polar surface area (TPSA) is 32.8 Å². The summed E-state index contributed by atoms with van der Waals surface area (Å²) in [6, 6.07) is 17.8. The summed E-state index contributed by atoms with van der Waals surface area (Å²) < 4.78 is 5.98. The van der Waals surface area contributed by atoms with Crippen LogP contribution >= 0.6 is 12.4 Å². The molecular weight excluding hydrogens is 324 g/mol. The molecule has 1 unspecified atom stereocenters. The fraction of sp³-hybridized carbons (Fsp3) is 0.316. The molecule has 24 heavy (non-hydrogen) atoms. The number of likely N-dealkylation sites (N-methyl/N-ethyl adjacent to an activating group) is 1. The normalized spacial score (nSPS) is 16.4. The summed E-state index contributed by atoms with van der Waals surface area (Å²) in [6.45, 7) is 1.48. The first kappa shape index (κ1) is 18.3. The van der Waals surface area contributed by atoms with Crippen molar-refractivity contribution in [1.82, 2.24) is 4.90 Å². The summed E-state index contributed by atoms with van der Waals surface area (Å²) in [6.07, 6.45) is 0.126. The summed E-state index contributed by atoms with van der Waals surface area (Å²) in [5, 5.41) is 0. The molecule has 128 valence electrons. The van der Waals surface area contributed by atoms with Crippen molar-refractivity contribution in [3.8, 4) is 5.75 Å². The van der Waals surface area contributed by atoms with E-state index in [2.05, 4.69) is 4.90 Å². The molecule has 2 aromatic carbocycles. The van der Waals surface area contributed by atoms with E-state index in [1.807, 2.05) is 73.6 Å². The third-order valence-electron chi connectivity index (χ3n) is 4.00. The molecule has 5 heteroatoms. The van der Waals surface area contributed by atoms with Gasteiger partial charge in [-0.2, -0.15) is 0 Å². The van der Waals surface area contributed by atoms with E-state index < -0.39 is 6.10 Å². The Balaban J connectivity index is 0.00000208. The number of carbonyl (C=O) groups is 1. The fourth-order valence-electron chi connectivity index (χ4n) is 2.76. The van der Waals surface area contributed by atoms with Crippen LogP contribution in [0.25, 0.3) is 0 Å². The average molecular weight is 347 g/mol. The number of nitrogens with zero attached hydrogens (tertiary/aromatic N) is 2. The van der Waals surface area contributed by atoms with Gasteiger partial charge in [-0.15, -0.1) is 12.4 Å². The maximum atomic E-state index is 12.9. The quantitative estimate of drug-likeness (QED) is 0.834. The van der Waals surface area contributed by atoms with E-state index in [1.165, 1.54) is 0 Å². The Hall–Kier alpha value is -2.04. The third kappa shape index (κ3) is 4.08. The van der Waals surface area contributed by atoms with E-state index >= 15 is 0 Å². The number of ether oxygens (including phenoxy) is 1. The second-order valence-electron chi connectivity index (χ2n) is 6.06. The molecule has 0 aliphatic carbocycles. The highest BCUT2D eigenvalue weighted by atomic mass is 35.5. The van der Waals surface area contributed by atoms with Crippen molar-refractivity contribution in [3.05, 3.63) is 60.2 Å². The Bertz CT molecular complexity index is 676. The molecule has 1 heterocycles. The number of carbonyl (C=O) groups excluding carboxylic acids is 1. The van der Waals surface area contributed by atoms with Crippen LogP contribution in [0.1, 0.15) is 5.56 Å². The molecule has 3 rings (SSSR count). The molecule has 4 nitrogen and oxygen atoms in total. The maximum absolute atomic E-state index is 12.9. The zero-order valence-corrected chi connectivity index (χ0v) is 14.8. The van der Waals surface area contributed by atoms with E-state index in [-0.39, 0.29) is 18.3 Å². The first-order valence-corrected chi connectivity index (χ1v) is 7.91. The van der Waals surface area contributed by atoms with E-state index in [0.29, 0.717) is 13.0 Å². The molecule has 0 saturated heterocycles. The Morgan fingerprint density at radius 3 is 2.42 bits per heavy atom. The molecule has 1 atom stereocenters. The lowest BCUT2D eigenvalue weighted by Crippen LogP contribution is -2.49. The van der Waals surface area contributed by atoms with Crippen molar-refractivity contribution < 1.29 is 9.53 Å². The minimum absolute atomic E-state index is 0. The van der Waals surface area contributed by atoms with E-state index in [0.717, 1.165) is 23.5 Å². The van der Waals surface area contributed by atoms with Gasteiger partial charge in [-0.25, -0.2) is 0 Å². The van der Waals surface area contributed by atoms with Crippen LogP contribution in [0.3, 0.4) is 0 Å². The monoisotopic (exact) mass is 346 g/mol. The number of hydrogen-bond donors (Lipinski definition) is 0. The molecule has 1 aliphatic rings. The van der Waals surface area contributed by atoms with Crippen molar-refractivity contribution in [3.63, 3.8) is 0 Å². The largest absolute Gasteiger partial charge is 0.478 e. The highest BCUT2D eigenvalue weighted by Crippen LogP contribution is 2.34. The van der Waals surface area contributed by atoms with Crippen LogP contribution < -0.4 is 9.64 Å². The molecule has 0 spiro atoms. The average Bonchev–Trinajstić information content (AvgIpc) is 2.56. The molecule has 0 bridgehead atoms. The Kier molecular flexibility index (Phi) is 6.23. The summed E-state index contributed by atoms with van der Waals surface area (Å²) >= 11 is 0. The number of amides is 1. The third-order valence-corrected chi connectivity index (χ3v) is 4.00. The lowest BCUT2D eigenvalue weighted by molar-refractivity contribution is -0.126. The predicted octanol–water partition coefficient (Wildman–Crippen LogP) is 3.01. The molecule has 1 amide bonds. The summed E-state index contributed by atoms with van der Waals surface area (Å²) in [5.74, 6) is 0.821. The van der Waals surface area contributed by atoms with Crippen LogP contribution in [-0.4, -0.2) is 44.1 Å². The number of fused-ring (bicyclic) bond motifs is 1. The van der Waals surface area contributed by atoms with Gasteiger partial charge in [0.2, 0.25) is 0 Å². The number of rotatable bonds is 5. The van der Waals surface area contributed by atoms with Crippen molar-refractivity contribution >= 4 is 24.0 Å². The molecule has 0 radical (unpaired) electrons. The zero-order valence-electron chi connectivity index (χ0n) is 14.0. The molecule has 1 aliphatic heterocycles. The molecule has 0 saturated carbocycles. The van der Waals surface area contributed by atoms with Crippen molar-refractivity contribution in [2.24, 2.45) is 0 Å².